The van der Waals surface area contributed by atoms with Gasteiger partial charge < -0.3 is 5.32 Å². The third kappa shape index (κ3) is 2.53. The number of carbonyl (C=O) groups is 1. The van der Waals surface area contributed by atoms with Crippen LogP contribution < -0.4 is 5.32 Å². The van der Waals surface area contributed by atoms with Crippen molar-refractivity contribution in [3.63, 3.8) is 0 Å². The SMILES string of the molecule is O=C(NCCSc1cn[nH]n1)C1(c2ccccc2)CC12CCCC2. The summed E-state index contributed by atoms with van der Waals surface area (Å²) in [6.07, 6.45) is 7.58. The summed E-state index contributed by atoms with van der Waals surface area (Å²) in [5.74, 6) is 1.01. The number of aromatic amines is 1. The summed E-state index contributed by atoms with van der Waals surface area (Å²) in [4.78, 5) is 13.1. The number of H-pyrrole nitrogens is 1. The molecule has 126 valence electrons. The second-order valence-corrected chi connectivity index (χ2v) is 7.96. The summed E-state index contributed by atoms with van der Waals surface area (Å²) in [5.41, 5.74) is 1.09. The van der Waals surface area contributed by atoms with E-state index in [-0.39, 0.29) is 16.7 Å². The van der Waals surface area contributed by atoms with Crippen LogP contribution in [0.1, 0.15) is 37.7 Å². The van der Waals surface area contributed by atoms with Crippen molar-refractivity contribution in [2.75, 3.05) is 12.3 Å². The molecule has 0 saturated heterocycles. The minimum Gasteiger partial charge on any atom is -0.354 e. The number of rotatable bonds is 6. The van der Waals surface area contributed by atoms with Gasteiger partial charge in [-0.25, -0.2) is 0 Å². The first-order valence-electron chi connectivity index (χ1n) is 8.59. The number of hydrogen-bond donors (Lipinski definition) is 2. The van der Waals surface area contributed by atoms with E-state index >= 15 is 0 Å². The van der Waals surface area contributed by atoms with Gasteiger partial charge in [0.2, 0.25) is 5.91 Å². The minimum atomic E-state index is -0.302. The topological polar surface area (TPSA) is 70.7 Å². The van der Waals surface area contributed by atoms with Crippen molar-refractivity contribution in [2.45, 2.75) is 42.5 Å². The first kappa shape index (κ1) is 15.7. The second-order valence-electron chi connectivity index (χ2n) is 6.85. The number of hydrogen-bond acceptors (Lipinski definition) is 4. The molecule has 6 heteroatoms. The number of benzene rings is 1. The molecule has 5 nitrogen and oxygen atoms in total. The minimum absolute atomic E-state index is 0.205. The first-order chi connectivity index (χ1) is 11.8. The summed E-state index contributed by atoms with van der Waals surface area (Å²) in [6.45, 7) is 0.654. The Morgan fingerprint density at radius 1 is 1.25 bits per heavy atom. The molecule has 1 amide bonds. The molecule has 2 aliphatic rings. The predicted molar refractivity (Wildman–Crippen MR) is 93.8 cm³/mol. The summed E-state index contributed by atoms with van der Waals surface area (Å²) in [5, 5.41) is 14.4. The van der Waals surface area contributed by atoms with Gasteiger partial charge in [0.25, 0.3) is 0 Å². The van der Waals surface area contributed by atoms with E-state index in [0.717, 1.165) is 17.2 Å². The molecule has 1 unspecified atom stereocenters. The fourth-order valence-corrected chi connectivity index (χ4v) is 5.08. The molecule has 1 aromatic heterocycles. The summed E-state index contributed by atoms with van der Waals surface area (Å²) in [6, 6.07) is 10.4. The molecule has 0 bridgehead atoms. The molecule has 1 atom stereocenters. The third-order valence-corrected chi connectivity index (χ3v) is 6.53. The van der Waals surface area contributed by atoms with Crippen LogP contribution in [-0.4, -0.2) is 33.6 Å². The average molecular weight is 342 g/mol. The molecule has 2 fully saturated rings. The van der Waals surface area contributed by atoms with Gasteiger partial charge in [-0.15, -0.1) is 16.9 Å². The average Bonchev–Trinajstić information content (AvgIpc) is 2.98. The van der Waals surface area contributed by atoms with Crippen molar-refractivity contribution in [1.82, 2.24) is 20.7 Å². The number of nitrogens with one attached hydrogen (secondary N) is 2. The molecule has 0 aliphatic heterocycles. The standard InChI is InChI=1S/C18H22N4OS/c23-16(19-10-11-24-15-12-20-22-21-15)18(14-6-2-1-3-7-14)13-17(18)8-4-5-9-17/h1-3,6-7,12H,4-5,8-11,13H2,(H,19,23)(H,20,21,22). The Morgan fingerprint density at radius 3 is 2.75 bits per heavy atom. The van der Waals surface area contributed by atoms with Crippen molar-refractivity contribution in [1.29, 1.82) is 0 Å². The summed E-state index contributed by atoms with van der Waals surface area (Å²) in [7, 11) is 0. The van der Waals surface area contributed by atoms with E-state index in [1.165, 1.54) is 31.2 Å². The second kappa shape index (κ2) is 6.24. The molecule has 1 aromatic carbocycles. The van der Waals surface area contributed by atoms with Gasteiger partial charge in [-0.05, 0) is 30.2 Å². The zero-order valence-corrected chi connectivity index (χ0v) is 14.4. The fraction of sp³-hybridized carbons (Fsp3) is 0.500. The van der Waals surface area contributed by atoms with E-state index in [1.54, 1.807) is 18.0 Å². The lowest BCUT2D eigenvalue weighted by atomic mass is 9.84. The fourth-order valence-electron chi connectivity index (χ4n) is 4.43. The van der Waals surface area contributed by atoms with Crippen molar-refractivity contribution < 1.29 is 4.79 Å². The zero-order valence-electron chi connectivity index (χ0n) is 13.6. The summed E-state index contributed by atoms with van der Waals surface area (Å²) >= 11 is 1.60. The first-order valence-corrected chi connectivity index (χ1v) is 9.58. The highest BCUT2D eigenvalue weighted by molar-refractivity contribution is 7.99. The normalized spacial score (nSPS) is 24.2. The molecule has 2 N–H and O–H groups in total. The number of thioether (sulfide) groups is 1. The van der Waals surface area contributed by atoms with Gasteiger partial charge in [0, 0.05) is 12.3 Å². The van der Waals surface area contributed by atoms with E-state index < -0.39 is 0 Å². The number of carbonyl (C=O) groups excluding carboxylic acids is 1. The Bertz CT molecular complexity index is 697. The van der Waals surface area contributed by atoms with Crippen LogP contribution in [0.2, 0.25) is 0 Å². The highest BCUT2D eigenvalue weighted by atomic mass is 32.2. The predicted octanol–water partition coefficient (Wildman–Crippen LogP) is 2.92. The van der Waals surface area contributed by atoms with Crippen LogP contribution in [0.5, 0.6) is 0 Å². The molecule has 2 aromatic rings. The van der Waals surface area contributed by atoms with E-state index in [2.05, 4.69) is 32.9 Å². The molecule has 2 aliphatic carbocycles. The van der Waals surface area contributed by atoms with Crippen LogP contribution in [0.25, 0.3) is 0 Å². The maximum absolute atomic E-state index is 13.1. The van der Waals surface area contributed by atoms with Gasteiger partial charge >= 0.3 is 0 Å². The van der Waals surface area contributed by atoms with Crippen LogP contribution in [0, 0.1) is 5.41 Å². The van der Waals surface area contributed by atoms with Crippen molar-refractivity contribution in [3.05, 3.63) is 42.1 Å². The Balaban J connectivity index is 1.43. The molecule has 2 saturated carbocycles. The van der Waals surface area contributed by atoms with E-state index in [0.29, 0.717) is 6.54 Å². The highest BCUT2D eigenvalue weighted by Gasteiger charge is 2.72. The lowest BCUT2D eigenvalue weighted by Gasteiger charge is -2.22. The number of amides is 1. The van der Waals surface area contributed by atoms with E-state index in [1.807, 2.05) is 18.2 Å². The van der Waals surface area contributed by atoms with Gasteiger partial charge in [-0.2, -0.15) is 10.3 Å². The van der Waals surface area contributed by atoms with Crippen LogP contribution in [0.15, 0.2) is 41.6 Å². The monoisotopic (exact) mass is 342 g/mol. The van der Waals surface area contributed by atoms with Gasteiger partial charge in [-0.3, -0.25) is 4.79 Å². The molecule has 0 radical (unpaired) electrons. The van der Waals surface area contributed by atoms with Gasteiger partial charge in [0.15, 0.2) is 0 Å². The molecular formula is C18H22N4OS. The van der Waals surface area contributed by atoms with Crippen molar-refractivity contribution >= 4 is 17.7 Å². The molecule has 24 heavy (non-hydrogen) atoms. The lowest BCUT2D eigenvalue weighted by Crippen LogP contribution is -2.39. The van der Waals surface area contributed by atoms with Crippen molar-refractivity contribution in [2.24, 2.45) is 5.41 Å². The van der Waals surface area contributed by atoms with Crippen LogP contribution in [0.3, 0.4) is 0 Å². The molecule has 1 heterocycles. The van der Waals surface area contributed by atoms with Gasteiger partial charge in [0.1, 0.15) is 5.03 Å². The maximum Gasteiger partial charge on any atom is 0.231 e. The van der Waals surface area contributed by atoms with E-state index in [9.17, 15) is 4.79 Å². The Hall–Kier alpha value is -1.82. The number of nitrogens with zero attached hydrogens (tertiary/aromatic N) is 2. The Kier molecular flexibility index (Phi) is 4.08. The van der Waals surface area contributed by atoms with Gasteiger partial charge in [0.05, 0.1) is 11.6 Å². The Morgan fingerprint density at radius 2 is 2.04 bits per heavy atom. The van der Waals surface area contributed by atoms with Crippen molar-refractivity contribution in [3.8, 4) is 0 Å². The molecular weight excluding hydrogens is 320 g/mol. The lowest BCUT2D eigenvalue weighted by molar-refractivity contribution is -0.124. The molecule has 1 spiro atoms. The van der Waals surface area contributed by atoms with Gasteiger partial charge in [-0.1, -0.05) is 43.2 Å². The van der Waals surface area contributed by atoms with Crippen LogP contribution in [0.4, 0.5) is 0 Å². The smallest absolute Gasteiger partial charge is 0.231 e. The Labute approximate surface area is 146 Å². The largest absolute Gasteiger partial charge is 0.354 e. The van der Waals surface area contributed by atoms with Crippen LogP contribution >= 0.6 is 11.8 Å². The number of aromatic nitrogens is 3. The third-order valence-electron chi connectivity index (χ3n) is 5.63. The zero-order chi connectivity index (χ0) is 16.5. The van der Waals surface area contributed by atoms with E-state index in [4.69, 9.17) is 0 Å². The quantitative estimate of drug-likeness (QED) is 0.625. The maximum atomic E-state index is 13.1. The summed E-state index contributed by atoms with van der Waals surface area (Å²) < 4.78 is 0. The molecule has 4 rings (SSSR count). The highest BCUT2D eigenvalue weighted by Crippen LogP contribution is 2.72. The van der Waals surface area contributed by atoms with Crippen LogP contribution in [-0.2, 0) is 10.2 Å².